The number of rotatable bonds is 4. The normalized spacial score (nSPS) is 14.8. The predicted molar refractivity (Wildman–Crippen MR) is 168 cm³/mol. The van der Waals surface area contributed by atoms with Gasteiger partial charge in [0.2, 0.25) is 0 Å². The quantitative estimate of drug-likeness (QED) is 0.156. The van der Waals surface area contributed by atoms with Gasteiger partial charge in [0, 0.05) is 46.5 Å². The van der Waals surface area contributed by atoms with Crippen LogP contribution in [0.15, 0.2) is 69.6 Å². The number of anilines is 2. The van der Waals surface area contributed by atoms with Gasteiger partial charge >= 0.3 is 12.4 Å². The van der Waals surface area contributed by atoms with E-state index >= 15 is 0 Å². The summed E-state index contributed by atoms with van der Waals surface area (Å²) >= 11 is 8.37. The molecule has 2 atom stereocenters. The van der Waals surface area contributed by atoms with Crippen molar-refractivity contribution in [1.29, 1.82) is 0 Å². The fourth-order valence-corrected chi connectivity index (χ4v) is 4.67. The van der Waals surface area contributed by atoms with Crippen LogP contribution in [-0.4, -0.2) is 53.7 Å². The first-order chi connectivity index (χ1) is 19.5. The number of halogens is 11. The van der Waals surface area contributed by atoms with E-state index in [2.05, 4.69) is 59.4 Å². The third-order valence-electron chi connectivity index (χ3n) is 5.88. The van der Waals surface area contributed by atoms with Crippen LogP contribution in [0.2, 0.25) is 0 Å². The van der Waals surface area contributed by atoms with Gasteiger partial charge in [-0.3, -0.25) is 0 Å². The maximum absolute atomic E-state index is 13.8. The minimum absolute atomic E-state index is 0. The van der Waals surface area contributed by atoms with E-state index in [0.717, 1.165) is 28.4 Å². The van der Waals surface area contributed by atoms with Crippen molar-refractivity contribution in [2.75, 3.05) is 40.9 Å². The van der Waals surface area contributed by atoms with E-state index in [1.165, 1.54) is 12.1 Å². The Bertz CT molecular complexity index is 1270. The van der Waals surface area contributed by atoms with Gasteiger partial charge in [-0.15, -0.1) is 0 Å². The van der Waals surface area contributed by atoms with E-state index in [9.17, 15) is 40.2 Å². The van der Waals surface area contributed by atoms with Crippen LogP contribution in [0.25, 0.3) is 0 Å². The third-order valence-corrected chi connectivity index (χ3v) is 6.86. The molecule has 0 aliphatic carbocycles. The van der Waals surface area contributed by atoms with Crippen molar-refractivity contribution in [3.63, 3.8) is 0 Å². The van der Waals surface area contributed by atoms with Crippen molar-refractivity contribution in [2.24, 2.45) is 0 Å². The van der Waals surface area contributed by atoms with Crippen molar-refractivity contribution in [2.45, 2.75) is 32.0 Å². The van der Waals surface area contributed by atoms with Crippen LogP contribution >= 0.6 is 54.5 Å². The molecule has 3 aromatic rings. The zero-order chi connectivity index (χ0) is 31.8. The highest BCUT2D eigenvalue weighted by molar-refractivity contribution is 14.1. The molecule has 0 radical (unpaired) electrons. The average Bonchev–Trinajstić information content (AvgIpc) is 2.92. The van der Waals surface area contributed by atoms with Gasteiger partial charge in [0.15, 0.2) is 12.2 Å². The Morgan fingerprint density at radius 2 is 1.02 bits per heavy atom. The van der Waals surface area contributed by atoms with Gasteiger partial charge in [0.1, 0.15) is 11.6 Å². The molecule has 0 aromatic heterocycles. The molecule has 4 nitrogen and oxygen atoms in total. The van der Waals surface area contributed by atoms with Crippen molar-refractivity contribution >= 4 is 65.8 Å². The number of aliphatic hydroxyl groups is 2. The largest absolute Gasteiger partial charge is 0.418 e. The minimum atomic E-state index is -4.83. The van der Waals surface area contributed by atoms with Crippen molar-refractivity contribution in [3.05, 3.63) is 92.4 Å². The van der Waals surface area contributed by atoms with E-state index in [-0.39, 0.29) is 11.9 Å². The number of hydrogen-bond acceptors (Lipinski definition) is 4. The SMILES string of the molecule is C.CI.OC(c1cc(F)cc(Br)c1)C(F)(F)F.OC(c1cc(F)cc(N2CCN(c3ccc(Br)cc3)CC2)c1)C(F)(F)F. The van der Waals surface area contributed by atoms with Gasteiger partial charge in [-0.25, -0.2) is 8.78 Å². The summed E-state index contributed by atoms with van der Waals surface area (Å²) in [4.78, 5) is 5.95. The summed E-state index contributed by atoms with van der Waals surface area (Å²) in [6, 6.07) is 13.6. The first kappa shape index (κ1) is 39.3. The summed E-state index contributed by atoms with van der Waals surface area (Å²) in [6.07, 6.45) is -15.0. The molecule has 1 saturated heterocycles. The Hall–Kier alpha value is -1.69. The number of hydrogen-bond donors (Lipinski definition) is 2. The molecule has 1 fully saturated rings. The molecule has 0 saturated carbocycles. The van der Waals surface area contributed by atoms with Gasteiger partial charge in [-0.05, 0) is 76.7 Å². The monoisotopic (exact) mass is 862 g/mol. The smallest absolute Gasteiger partial charge is 0.379 e. The van der Waals surface area contributed by atoms with Crippen LogP contribution in [0, 0.1) is 11.6 Å². The fourth-order valence-electron chi connectivity index (χ4n) is 3.92. The van der Waals surface area contributed by atoms with Crippen LogP contribution in [0.3, 0.4) is 0 Å². The standard InChI is InChI=1S/C18H17BrF4N2O.C8H5BrF4O.CH3I.CH4/c19-13-1-3-15(4-2-13)24-5-7-25(8-6-24)16-10-12(9-14(20)11-16)17(26)18(21,22)23;9-5-1-4(2-6(10)3-5)7(14)8(11,12)13;1-2;/h1-4,9-11,17,26H,5-8H2;1-3,7,14H;1H3;1H4. The zero-order valence-electron chi connectivity index (χ0n) is 21.7. The lowest BCUT2D eigenvalue weighted by Gasteiger charge is -2.37. The molecule has 1 heterocycles. The summed E-state index contributed by atoms with van der Waals surface area (Å²) in [5.74, 6) is -1.63. The highest BCUT2D eigenvalue weighted by Gasteiger charge is 2.40. The van der Waals surface area contributed by atoms with E-state index in [4.69, 9.17) is 5.11 Å². The summed E-state index contributed by atoms with van der Waals surface area (Å²) in [5, 5.41) is 18.2. The average molecular weight is 864 g/mol. The number of benzene rings is 3. The van der Waals surface area contributed by atoms with Crippen molar-refractivity contribution < 1.29 is 45.3 Å². The van der Waals surface area contributed by atoms with Crippen LogP contribution in [0.4, 0.5) is 46.5 Å². The van der Waals surface area contributed by atoms with Gasteiger partial charge in [0.25, 0.3) is 0 Å². The molecule has 43 heavy (non-hydrogen) atoms. The molecule has 2 N–H and O–H groups in total. The molecule has 2 unspecified atom stereocenters. The van der Waals surface area contributed by atoms with E-state index in [1.54, 1.807) is 0 Å². The van der Waals surface area contributed by atoms with Crippen LogP contribution in [0.1, 0.15) is 30.8 Å². The number of nitrogens with zero attached hydrogens (tertiary/aromatic N) is 2. The highest BCUT2D eigenvalue weighted by atomic mass is 127. The van der Waals surface area contributed by atoms with Gasteiger partial charge in [-0.1, -0.05) is 61.9 Å². The molecule has 0 amide bonds. The Labute approximate surface area is 275 Å². The summed E-state index contributed by atoms with van der Waals surface area (Å²) in [7, 11) is 0. The second-order valence-corrected chi connectivity index (χ2v) is 10.6. The fraction of sp³-hybridized carbons (Fsp3) is 0.357. The van der Waals surface area contributed by atoms with Gasteiger partial charge < -0.3 is 20.0 Å². The van der Waals surface area contributed by atoms with Crippen molar-refractivity contribution in [1.82, 2.24) is 0 Å². The van der Waals surface area contributed by atoms with E-state index < -0.39 is 47.3 Å². The number of alkyl halides is 7. The Morgan fingerprint density at radius 3 is 1.44 bits per heavy atom. The maximum atomic E-state index is 13.8. The van der Waals surface area contributed by atoms with Crippen LogP contribution in [-0.2, 0) is 0 Å². The molecular formula is C28H29Br2F8IN2O2. The van der Waals surface area contributed by atoms with Crippen LogP contribution < -0.4 is 9.80 Å². The first-order valence-electron chi connectivity index (χ1n) is 11.9. The lowest BCUT2D eigenvalue weighted by atomic mass is 10.1. The van der Waals surface area contributed by atoms with Gasteiger partial charge in [-0.2, -0.15) is 26.3 Å². The minimum Gasteiger partial charge on any atom is -0.379 e. The van der Waals surface area contributed by atoms with E-state index in [1.807, 2.05) is 34.1 Å². The lowest BCUT2D eigenvalue weighted by Crippen LogP contribution is -2.46. The molecule has 3 aromatic carbocycles. The molecule has 0 bridgehead atoms. The first-order valence-corrected chi connectivity index (χ1v) is 15.7. The molecule has 15 heteroatoms. The Morgan fingerprint density at radius 1 is 0.628 bits per heavy atom. The number of piperazine rings is 1. The summed E-state index contributed by atoms with van der Waals surface area (Å²) < 4.78 is 102. The molecule has 1 aliphatic heterocycles. The molecular weight excluding hydrogens is 835 g/mol. The molecule has 0 spiro atoms. The second kappa shape index (κ2) is 17.1. The third kappa shape index (κ3) is 12.0. The van der Waals surface area contributed by atoms with Crippen molar-refractivity contribution in [3.8, 4) is 0 Å². The maximum Gasteiger partial charge on any atom is 0.418 e. The topological polar surface area (TPSA) is 46.9 Å². The molecule has 4 rings (SSSR count). The Kier molecular flexibility index (Phi) is 15.7. The highest BCUT2D eigenvalue weighted by Crippen LogP contribution is 2.35. The van der Waals surface area contributed by atoms with Gasteiger partial charge in [0.05, 0.1) is 0 Å². The Balaban J connectivity index is 0.000000463. The molecule has 240 valence electrons. The zero-order valence-corrected chi connectivity index (χ0v) is 27.0. The second-order valence-electron chi connectivity index (χ2n) is 8.78. The summed E-state index contributed by atoms with van der Waals surface area (Å²) in [6.45, 7) is 2.41. The van der Waals surface area contributed by atoms with E-state index in [0.29, 0.717) is 37.9 Å². The predicted octanol–water partition coefficient (Wildman–Crippen LogP) is 9.38. The molecule has 1 aliphatic rings. The summed E-state index contributed by atoms with van der Waals surface area (Å²) in [5.41, 5.74) is 0.395. The lowest BCUT2D eigenvalue weighted by molar-refractivity contribution is -0.207. The van der Waals surface area contributed by atoms with Crippen LogP contribution in [0.5, 0.6) is 0 Å². The number of aliphatic hydroxyl groups excluding tert-OH is 2.